The molecule has 1 atom stereocenters. The Morgan fingerprint density at radius 1 is 1.36 bits per heavy atom. The number of aromatic nitrogens is 4. The van der Waals surface area contributed by atoms with Crippen LogP contribution in [0.2, 0.25) is 0 Å². The van der Waals surface area contributed by atoms with Gasteiger partial charge in [0, 0.05) is 23.0 Å². The molecule has 1 aliphatic carbocycles. The lowest BCUT2D eigenvalue weighted by molar-refractivity contribution is 0.268. The minimum atomic E-state index is -0.159. The third-order valence-corrected chi connectivity index (χ3v) is 5.62. The monoisotopic (exact) mass is 379 g/mol. The second-order valence-corrected chi connectivity index (χ2v) is 7.51. The molecule has 6 nitrogen and oxygen atoms in total. The fourth-order valence-electron chi connectivity index (χ4n) is 4.09. The van der Waals surface area contributed by atoms with Gasteiger partial charge in [-0.15, -0.1) is 0 Å². The first-order valence-electron chi connectivity index (χ1n) is 10.2. The van der Waals surface area contributed by atoms with Gasteiger partial charge in [-0.25, -0.2) is 9.97 Å². The Hall–Kier alpha value is -2.52. The van der Waals surface area contributed by atoms with E-state index in [2.05, 4.69) is 40.2 Å². The van der Waals surface area contributed by atoms with E-state index < -0.39 is 0 Å². The molecule has 1 aliphatic rings. The summed E-state index contributed by atoms with van der Waals surface area (Å²) in [5.41, 5.74) is 4.08. The van der Waals surface area contributed by atoms with Gasteiger partial charge < -0.3 is 5.11 Å². The lowest BCUT2D eigenvalue weighted by Crippen LogP contribution is -2.18. The van der Waals surface area contributed by atoms with E-state index in [-0.39, 0.29) is 12.6 Å². The Morgan fingerprint density at radius 3 is 2.82 bits per heavy atom. The lowest BCUT2D eigenvalue weighted by atomic mass is 9.96. The van der Waals surface area contributed by atoms with Crippen LogP contribution in [-0.2, 0) is 6.61 Å². The van der Waals surface area contributed by atoms with Crippen LogP contribution in [0.25, 0.3) is 17.3 Å². The quantitative estimate of drug-likeness (QED) is 0.724. The maximum Gasteiger partial charge on any atom is 0.116 e. The van der Waals surface area contributed by atoms with E-state index in [4.69, 9.17) is 0 Å². The number of hydrogen-bond acceptors (Lipinski definition) is 5. The first-order valence-corrected chi connectivity index (χ1v) is 10.2. The van der Waals surface area contributed by atoms with Crippen molar-refractivity contribution in [2.45, 2.75) is 71.4 Å². The number of aliphatic hydroxyl groups is 1. The molecular weight excluding hydrogens is 350 g/mol. The van der Waals surface area contributed by atoms with Crippen LogP contribution in [0.5, 0.6) is 0 Å². The zero-order valence-corrected chi connectivity index (χ0v) is 16.8. The molecule has 3 rings (SSSR count). The number of hydrogen-bond donors (Lipinski definition) is 1. The number of aryl methyl sites for hydroxylation is 1. The van der Waals surface area contributed by atoms with Crippen molar-refractivity contribution >= 4 is 6.08 Å². The molecule has 0 aliphatic heterocycles. The Labute approximate surface area is 167 Å². The summed E-state index contributed by atoms with van der Waals surface area (Å²) in [6.45, 7) is 3.95. The van der Waals surface area contributed by atoms with Crippen LogP contribution in [0.1, 0.15) is 74.9 Å². The van der Waals surface area contributed by atoms with Crippen molar-refractivity contribution in [2.75, 3.05) is 0 Å². The fraction of sp³-hybridized carbons (Fsp3) is 0.545. The second kappa shape index (κ2) is 9.61. The van der Waals surface area contributed by atoms with E-state index in [0.717, 1.165) is 48.2 Å². The fourth-order valence-corrected chi connectivity index (χ4v) is 4.09. The van der Waals surface area contributed by atoms with Crippen LogP contribution in [0, 0.1) is 24.2 Å². The summed E-state index contributed by atoms with van der Waals surface area (Å²) in [5, 5.41) is 23.9. The van der Waals surface area contributed by atoms with E-state index >= 15 is 0 Å². The maximum absolute atomic E-state index is 9.94. The Balaban J connectivity index is 2.04. The van der Waals surface area contributed by atoms with Crippen molar-refractivity contribution in [2.24, 2.45) is 5.92 Å². The Kier molecular flexibility index (Phi) is 6.94. The van der Waals surface area contributed by atoms with Gasteiger partial charge in [0.05, 0.1) is 36.5 Å². The highest BCUT2D eigenvalue weighted by Crippen LogP contribution is 2.37. The molecule has 0 saturated heterocycles. The third kappa shape index (κ3) is 4.31. The molecule has 0 amide bonds. The van der Waals surface area contributed by atoms with Crippen molar-refractivity contribution in [3.63, 3.8) is 0 Å². The predicted octanol–water partition coefficient (Wildman–Crippen LogP) is 4.60. The minimum absolute atomic E-state index is 0.0496. The topological polar surface area (TPSA) is 87.6 Å². The first kappa shape index (κ1) is 20.2. The summed E-state index contributed by atoms with van der Waals surface area (Å²) in [4.78, 5) is 8.86. The normalized spacial score (nSPS) is 15.9. The molecule has 2 heterocycles. The van der Waals surface area contributed by atoms with Gasteiger partial charge in [-0.3, -0.25) is 4.68 Å². The van der Waals surface area contributed by atoms with Crippen LogP contribution >= 0.6 is 0 Å². The van der Waals surface area contributed by atoms with Gasteiger partial charge in [-0.1, -0.05) is 38.3 Å². The lowest BCUT2D eigenvalue weighted by Gasteiger charge is -2.21. The van der Waals surface area contributed by atoms with Gasteiger partial charge in [-0.05, 0) is 32.1 Å². The summed E-state index contributed by atoms with van der Waals surface area (Å²) in [6, 6.07) is 2.37. The highest BCUT2D eigenvalue weighted by molar-refractivity contribution is 5.74. The number of unbranched alkanes of at least 4 members (excludes halogenated alkanes) is 1. The molecule has 28 heavy (non-hydrogen) atoms. The number of allylic oxidation sites excluding steroid dienone is 1. The van der Waals surface area contributed by atoms with Gasteiger partial charge in [-0.2, -0.15) is 10.4 Å². The molecule has 0 spiro atoms. The van der Waals surface area contributed by atoms with E-state index in [1.54, 1.807) is 6.33 Å². The summed E-state index contributed by atoms with van der Waals surface area (Å²) < 4.78 is 1.90. The summed E-state index contributed by atoms with van der Waals surface area (Å²) in [6.07, 6.45) is 14.9. The van der Waals surface area contributed by atoms with Gasteiger partial charge in [0.1, 0.15) is 6.33 Å². The molecule has 1 N–H and O–H groups in total. The molecule has 1 saturated carbocycles. The summed E-state index contributed by atoms with van der Waals surface area (Å²) >= 11 is 0. The molecule has 6 heteroatoms. The standard InChI is InChI=1S/C22H29N5O/c1-3-4-5-10-18-16(2)24-15-25-22(18)19-13-27(26-20(19)14-28)21(11-12-23)17-8-6-7-9-17/h5,10,13,15,17,21,28H,3-4,6-9,11,14H2,1-2H3/b10-5-. The third-order valence-electron chi connectivity index (χ3n) is 5.62. The van der Waals surface area contributed by atoms with Crippen molar-refractivity contribution in [3.8, 4) is 17.3 Å². The summed E-state index contributed by atoms with van der Waals surface area (Å²) in [5.74, 6) is 0.468. The molecule has 148 valence electrons. The van der Waals surface area contributed by atoms with Crippen LogP contribution in [0.4, 0.5) is 0 Å². The molecule has 0 aromatic carbocycles. The van der Waals surface area contributed by atoms with E-state index in [0.29, 0.717) is 18.0 Å². The smallest absolute Gasteiger partial charge is 0.116 e. The first-order chi connectivity index (χ1) is 13.7. The maximum atomic E-state index is 9.94. The molecular formula is C22H29N5O. The molecule has 2 aromatic heterocycles. The van der Waals surface area contributed by atoms with Crippen molar-refractivity contribution in [1.29, 1.82) is 5.26 Å². The summed E-state index contributed by atoms with van der Waals surface area (Å²) in [7, 11) is 0. The molecule has 0 radical (unpaired) electrons. The largest absolute Gasteiger partial charge is 0.390 e. The average Bonchev–Trinajstić information content (AvgIpc) is 3.37. The van der Waals surface area contributed by atoms with Gasteiger partial charge in [0.15, 0.2) is 0 Å². The highest BCUT2D eigenvalue weighted by atomic mass is 16.3. The number of aliphatic hydroxyl groups excluding tert-OH is 1. The van der Waals surface area contributed by atoms with Gasteiger partial charge in [0.25, 0.3) is 0 Å². The van der Waals surface area contributed by atoms with Gasteiger partial charge >= 0.3 is 0 Å². The van der Waals surface area contributed by atoms with E-state index in [1.807, 2.05) is 17.8 Å². The highest BCUT2D eigenvalue weighted by Gasteiger charge is 2.28. The average molecular weight is 380 g/mol. The molecule has 0 bridgehead atoms. The van der Waals surface area contributed by atoms with Crippen LogP contribution in [0.15, 0.2) is 18.6 Å². The van der Waals surface area contributed by atoms with Crippen LogP contribution in [0.3, 0.4) is 0 Å². The van der Waals surface area contributed by atoms with Crippen molar-refractivity contribution in [1.82, 2.24) is 19.7 Å². The predicted molar refractivity (Wildman–Crippen MR) is 109 cm³/mol. The van der Waals surface area contributed by atoms with Crippen LogP contribution in [-0.4, -0.2) is 24.9 Å². The minimum Gasteiger partial charge on any atom is -0.390 e. The van der Waals surface area contributed by atoms with Gasteiger partial charge in [0.2, 0.25) is 0 Å². The zero-order chi connectivity index (χ0) is 19.9. The molecule has 1 fully saturated rings. The number of rotatable bonds is 8. The zero-order valence-electron chi connectivity index (χ0n) is 16.8. The molecule has 2 aromatic rings. The SMILES string of the molecule is CCC/C=C\c1c(C)ncnc1-c1cn(C(CC#N)C2CCCC2)nc1CO. The van der Waals surface area contributed by atoms with Crippen molar-refractivity contribution in [3.05, 3.63) is 35.6 Å². The van der Waals surface area contributed by atoms with Crippen LogP contribution < -0.4 is 0 Å². The Bertz CT molecular complexity index is 858. The second-order valence-electron chi connectivity index (χ2n) is 7.51. The van der Waals surface area contributed by atoms with E-state index in [1.165, 1.54) is 12.8 Å². The van der Waals surface area contributed by atoms with E-state index in [9.17, 15) is 10.4 Å². The number of nitriles is 1. The van der Waals surface area contributed by atoms with Crippen molar-refractivity contribution < 1.29 is 5.11 Å². The molecule has 1 unspecified atom stereocenters. The Morgan fingerprint density at radius 2 is 2.14 bits per heavy atom. The number of nitrogens with zero attached hydrogens (tertiary/aromatic N) is 5.